The number of ether oxygens (including phenoxy) is 1. The number of rotatable bonds is 15. The predicted molar refractivity (Wildman–Crippen MR) is 137 cm³/mol. The van der Waals surface area contributed by atoms with E-state index in [4.69, 9.17) is 4.74 Å². The van der Waals surface area contributed by atoms with Crippen molar-refractivity contribution in [3.05, 3.63) is 78.4 Å². The Balaban J connectivity index is 1.88. The van der Waals surface area contributed by atoms with E-state index >= 15 is 0 Å². The monoisotopic (exact) mass is 482 g/mol. The number of amides is 2. The zero-order chi connectivity index (χ0) is 25.6. The Morgan fingerprint density at radius 1 is 0.971 bits per heavy atom. The molecular formula is C28H38N2O5. The Morgan fingerprint density at radius 2 is 1.66 bits per heavy atom. The summed E-state index contributed by atoms with van der Waals surface area (Å²) < 4.78 is 5.80. The second-order valence-electron chi connectivity index (χ2n) is 9.04. The number of hydrogen-bond donors (Lipinski definition) is 4. The first-order valence-corrected chi connectivity index (χ1v) is 12.0. The van der Waals surface area contributed by atoms with Crippen molar-refractivity contribution >= 4 is 11.8 Å². The van der Waals surface area contributed by atoms with E-state index < -0.39 is 12.0 Å². The quantitative estimate of drug-likeness (QED) is 0.292. The lowest BCUT2D eigenvalue weighted by molar-refractivity contribution is -0.131. The van der Waals surface area contributed by atoms with Gasteiger partial charge in [0.25, 0.3) is 0 Å². The van der Waals surface area contributed by atoms with Gasteiger partial charge in [0.2, 0.25) is 11.8 Å². The van der Waals surface area contributed by atoms with Crippen molar-refractivity contribution in [2.24, 2.45) is 11.8 Å². The number of carbonyl (C=O) groups is 2. The Labute approximate surface area is 208 Å². The van der Waals surface area contributed by atoms with Gasteiger partial charge in [-0.15, -0.1) is 6.58 Å². The number of nitrogens with one attached hydrogen (secondary N) is 2. The molecule has 0 bridgehead atoms. The summed E-state index contributed by atoms with van der Waals surface area (Å²) in [4.78, 5) is 25.3. The smallest absolute Gasteiger partial charge is 0.224 e. The van der Waals surface area contributed by atoms with Gasteiger partial charge in [0.1, 0.15) is 12.4 Å². The standard InChI is InChI=1S/C28H38N2O5/c1-4-8-23(28(34)30-26(18-32)20(2)3)16-27(33)29-24(17-31)15-21-11-13-25(14-12-21)35-19-22-9-6-5-7-10-22/h4-7,9-14,20,23-24,26,31-32H,1,8,15-19H2,2-3H3,(H,29,33)(H,30,34). The van der Waals surface area contributed by atoms with Crippen molar-refractivity contribution in [1.29, 1.82) is 0 Å². The molecule has 190 valence electrons. The molecule has 35 heavy (non-hydrogen) atoms. The lowest BCUT2D eigenvalue weighted by Crippen LogP contribution is -2.46. The fourth-order valence-electron chi connectivity index (χ4n) is 3.63. The van der Waals surface area contributed by atoms with Crippen LogP contribution in [0.15, 0.2) is 67.3 Å². The molecule has 0 aliphatic rings. The molecule has 7 heteroatoms. The minimum absolute atomic E-state index is 0.0309. The average molecular weight is 483 g/mol. The molecule has 0 heterocycles. The molecule has 0 saturated heterocycles. The van der Waals surface area contributed by atoms with Gasteiger partial charge in [-0.25, -0.2) is 0 Å². The molecule has 3 unspecified atom stereocenters. The van der Waals surface area contributed by atoms with Crippen molar-refractivity contribution < 1.29 is 24.5 Å². The van der Waals surface area contributed by atoms with Gasteiger partial charge in [-0.05, 0) is 42.0 Å². The Hall–Kier alpha value is -3.16. The number of aliphatic hydroxyl groups is 2. The van der Waals surface area contributed by atoms with Crippen LogP contribution in [0.5, 0.6) is 5.75 Å². The third-order valence-electron chi connectivity index (χ3n) is 5.82. The van der Waals surface area contributed by atoms with Crippen molar-refractivity contribution in [2.45, 2.75) is 51.8 Å². The zero-order valence-corrected chi connectivity index (χ0v) is 20.7. The zero-order valence-electron chi connectivity index (χ0n) is 20.7. The molecule has 4 N–H and O–H groups in total. The van der Waals surface area contributed by atoms with E-state index in [0.717, 1.165) is 16.9 Å². The summed E-state index contributed by atoms with van der Waals surface area (Å²) >= 11 is 0. The minimum atomic E-state index is -0.597. The van der Waals surface area contributed by atoms with Gasteiger partial charge >= 0.3 is 0 Å². The van der Waals surface area contributed by atoms with Crippen LogP contribution < -0.4 is 15.4 Å². The van der Waals surface area contributed by atoms with E-state index in [-0.39, 0.29) is 43.4 Å². The lowest BCUT2D eigenvalue weighted by atomic mass is 9.97. The number of hydrogen-bond acceptors (Lipinski definition) is 5. The van der Waals surface area contributed by atoms with Crippen LogP contribution in [0.3, 0.4) is 0 Å². The second-order valence-corrected chi connectivity index (χ2v) is 9.04. The summed E-state index contributed by atoms with van der Waals surface area (Å²) in [5.74, 6) is -0.404. The Bertz CT molecular complexity index is 915. The third-order valence-corrected chi connectivity index (χ3v) is 5.82. The summed E-state index contributed by atoms with van der Waals surface area (Å²) in [6.45, 7) is 7.58. The highest BCUT2D eigenvalue weighted by atomic mass is 16.5. The molecular weight excluding hydrogens is 444 g/mol. The molecule has 0 spiro atoms. The highest BCUT2D eigenvalue weighted by Crippen LogP contribution is 2.16. The van der Waals surface area contributed by atoms with Crippen LogP contribution in [0.4, 0.5) is 0 Å². The van der Waals surface area contributed by atoms with Crippen LogP contribution >= 0.6 is 0 Å². The summed E-state index contributed by atoms with van der Waals surface area (Å²) in [5.41, 5.74) is 2.03. The normalized spacial score (nSPS) is 13.5. The van der Waals surface area contributed by atoms with Crippen LogP contribution in [0.25, 0.3) is 0 Å². The fraction of sp³-hybridized carbons (Fsp3) is 0.429. The maximum absolute atomic E-state index is 12.7. The van der Waals surface area contributed by atoms with Gasteiger partial charge in [-0.1, -0.05) is 62.4 Å². The van der Waals surface area contributed by atoms with E-state index in [0.29, 0.717) is 19.4 Å². The van der Waals surface area contributed by atoms with Gasteiger partial charge in [-0.3, -0.25) is 9.59 Å². The molecule has 2 aromatic rings. The van der Waals surface area contributed by atoms with Gasteiger partial charge in [0.15, 0.2) is 0 Å². The molecule has 0 fully saturated rings. The first kappa shape index (κ1) is 28.1. The van der Waals surface area contributed by atoms with Crippen LogP contribution in [0.2, 0.25) is 0 Å². The SMILES string of the molecule is C=CCC(CC(=O)NC(CO)Cc1ccc(OCc2ccccc2)cc1)C(=O)NC(CO)C(C)C. The maximum atomic E-state index is 12.7. The molecule has 0 saturated carbocycles. The Morgan fingerprint density at radius 3 is 2.23 bits per heavy atom. The van der Waals surface area contributed by atoms with Crippen molar-refractivity contribution in [3.8, 4) is 5.75 Å². The van der Waals surface area contributed by atoms with E-state index in [2.05, 4.69) is 17.2 Å². The van der Waals surface area contributed by atoms with Crippen LogP contribution in [0.1, 0.15) is 37.8 Å². The number of aliphatic hydroxyl groups excluding tert-OH is 2. The van der Waals surface area contributed by atoms with E-state index in [1.807, 2.05) is 68.4 Å². The molecule has 3 atom stereocenters. The van der Waals surface area contributed by atoms with Gasteiger partial charge in [0, 0.05) is 6.42 Å². The molecule has 0 aliphatic heterocycles. The molecule has 0 aromatic heterocycles. The maximum Gasteiger partial charge on any atom is 0.224 e. The first-order chi connectivity index (χ1) is 16.9. The summed E-state index contributed by atoms with van der Waals surface area (Å²) in [7, 11) is 0. The van der Waals surface area contributed by atoms with Crippen LogP contribution in [0, 0.1) is 11.8 Å². The summed E-state index contributed by atoms with van der Waals surface area (Å²) in [6, 6.07) is 16.6. The number of benzene rings is 2. The van der Waals surface area contributed by atoms with Crippen molar-refractivity contribution in [2.75, 3.05) is 13.2 Å². The predicted octanol–water partition coefficient (Wildman–Crippen LogP) is 3.00. The molecule has 2 rings (SSSR count). The third kappa shape index (κ3) is 9.92. The average Bonchev–Trinajstić information content (AvgIpc) is 2.86. The van der Waals surface area contributed by atoms with Crippen LogP contribution in [-0.2, 0) is 22.6 Å². The lowest BCUT2D eigenvalue weighted by Gasteiger charge is -2.24. The van der Waals surface area contributed by atoms with Gasteiger partial charge in [-0.2, -0.15) is 0 Å². The topological polar surface area (TPSA) is 108 Å². The molecule has 2 aromatic carbocycles. The van der Waals surface area contributed by atoms with Crippen molar-refractivity contribution in [1.82, 2.24) is 10.6 Å². The highest BCUT2D eigenvalue weighted by molar-refractivity contribution is 5.86. The highest BCUT2D eigenvalue weighted by Gasteiger charge is 2.25. The van der Waals surface area contributed by atoms with Crippen LogP contribution in [-0.4, -0.2) is 47.3 Å². The number of allylic oxidation sites excluding steroid dienone is 1. The second kappa shape index (κ2) is 15.0. The van der Waals surface area contributed by atoms with E-state index in [9.17, 15) is 19.8 Å². The fourth-order valence-corrected chi connectivity index (χ4v) is 3.63. The van der Waals surface area contributed by atoms with Gasteiger partial charge in [0.05, 0.1) is 31.2 Å². The van der Waals surface area contributed by atoms with Crippen molar-refractivity contribution in [3.63, 3.8) is 0 Å². The number of carbonyl (C=O) groups excluding carboxylic acids is 2. The largest absolute Gasteiger partial charge is 0.489 e. The molecule has 7 nitrogen and oxygen atoms in total. The first-order valence-electron chi connectivity index (χ1n) is 12.0. The van der Waals surface area contributed by atoms with Gasteiger partial charge < -0.3 is 25.6 Å². The van der Waals surface area contributed by atoms with E-state index in [1.165, 1.54) is 0 Å². The summed E-state index contributed by atoms with van der Waals surface area (Å²) in [6.07, 6.45) is 2.35. The molecule has 2 amide bonds. The summed E-state index contributed by atoms with van der Waals surface area (Å²) in [5, 5.41) is 24.9. The molecule has 0 radical (unpaired) electrons. The Kier molecular flexibility index (Phi) is 12.0. The minimum Gasteiger partial charge on any atom is -0.489 e. The molecule has 0 aliphatic carbocycles. The van der Waals surface area contributed by atoms with E-state index in [1.54, 1.807) is 6.08 Å².